The fourth-order valence-corrected chi connectivity index (χ4v) is 3.69. The van der Waals surface area contributed by atoms with E-state index in [1.165, 1.54) is 17.7 Å². The lowest BCUT2D eigenvalue weighted by Gasteiger charge is -2.32. The minimum absolute atomic E-state index is 0.0724. The first-order valence-corrected chi connectivity index (χ1v) is 10.2. The molecule has 30 heavy (non-hydrogen) atoms. The van der Waals surface area contributed by atoms with Gasteiger partial charge in [-0.25, -0.2) is 14.4 Å². The van der Waals surface area contributed by atoms with Crippen molar-refractivity contribution in [3.8, 4) is 11.1 Å². The van der Waals surface area contributed by atoms with Crippen LogP contribution in [-0.2, 0) is 11.3 Å². The molecule has 0 aliphatic carbocycles. The molecule has 1 aromatic heterocycles. The van der Waals surface area contributed by atoms with Gasteiger partial charge >= 0.3 is 0 Å². The highest BCUT2D eigenvalue weighted by Gasteiger charge is 2.27. The van der Waals surface area contributed by atoms with Crippen molar-refractivity contribution in [1.29, 1.82) is 0 Å². The van der Waals surface area contributed by atoms with Gasteiger partial charge in [0.05, 0.1) is 5.92 Å². The van der Waals surface area contributed by atoms with Crippen LogP contribution in [0.4, 0.5) is 10.3 Å². The quantitative estimate of drug-likeness (QED) is 0.695. The van der Waals surface area contributed by atoms with E-state index in [4.69, 9.17) is 0 Å². The van der Waals surface area contributed by atoms with Gasteiger partial charge in [-0.1, -0.05) is 42.0 Å². The number of benzene rings is 2. The Labute approximate surface area is 176 Å². The van der Waals surface area contributed by atoms with E-state index in [0.29, 0.717) is 19.0 Å². The predicted molar refractivity (Wildman–Crippen MR) is 115 cm³/mol. The SMILES string of the molecule is Cc1ccc(CNC(=O)[C@H]2CCCN(c3ncc(-c4ccc(F)cc4)cn3)C2)cc1. The summed E-state index contributed by atoms with van der Waals surface area (Å²) in [5, 5.41) is 3.06. The Morgan fingerprint density at radius 1 is 1.07 bits per heavy atom. The Morgan fingerprint density at radius 3 is 2.47 bits per heavy atom. The molecule has 1 amide bonds. The zero-order valence-electron chi connectivity index (χ0n) is 17.0. The van der Waals surface area contributed by atoms with Gasteiger partial charge in [0.15, 0.2) is 0 Å². The van der Waals surface area contributed by atoms with E-state index in [-0.39, 0.29) is 17.6 Å². The average Bonchev–Trinajstić information content (AvgIpc) is 2.79. The van der Waals surface area contributed by atoms with E-state index in [1.807, 2.05) is 19.1 Å². The number of nitrogens with zero attached hydrogens (tertiary/aromatic N) is 3. The molecule has 1 fully saturated rings. The summed E-state index contributed by atoms with van der Waals surface area (Å²) in [6, 6.07) is 14.5. The second-order valence-electron chi connectivity index (χ2n) is 7.77. The summed E-state index contributed by atoms with van der Waals surface area (Å²) in [7, 11) is 0. The van der Waals surface area contributed by atoms with Crippen LogP contribution >= 0.6 is 0 Å². The third kappa shape index (κ3) is 4.82. The van der Waals surface area contributed by atoms with Crippen LogP contribution < -0.4 is 10.2 Å². The van der Waals surface area contributed by atoms with Gasteiger partial charge in [-0.3, -0.25) is 4.79 Å². The lowest BCUT2D eigenvalue weighted by atomic mass is 9.97. The fourth-order valence-electron chi connectivity index (χ4n) is 3.69. The van der Waals surface area contributed by atoms with Gasteiger partial charge in [0.2, 0.25) is 11.9 Å². The first-order chi connectivity index (χ1) is 14.6. The van der Waals surface area contributed by atoms with E-state index < -0.39 is 0 Å². The molecular weight excluding hydrogens is 379 g/mol. The number of anilines is 1. The number of hydrogen-bond acceptors (Lipinski definition) is 4. The van der Waals surface area contributed by atoms with Crippen LogP contribution in [-0.4, -0.2) is 29.0 Å². The highest BCUT2D eigenvalue weighted by atomic mass is 19.1. The summed E-state index contributed by atoms with van der Waals surface area (Å²) < 4.78 is 13.1. The molecular formula is C24H25FN4O. The number of carbonyl (C=O) groups excluding carboxylic acids is 1. The summed E-state index contributed by atoms with van der Waals surface area (Å²) in [5.41, 5.74) is 4.01. The summed E-state index contributed by atoms with van der Waals surface area (Å²) in [5.74, 6) is 0.348. The Hall–Kier alpha value is -3.28. The first kappa shape index (κ1) is 20.0. The number of carbonyl (C=O) groups is 1. The van der Waals surface area contributed by atoms with Crippen LogP contribution in [0, 0.1) is 18.7 Å². The van der Waals surface area contributed by atoms with Gasteiger partial charge in [0.25, 0.3) is 0 Å². The normalized spacial score (nSPS) is 16.3. The number of aromatic nitrogens is 2. The summed E-state index contributed by atoms with van der Waals surface area (Å²) in [6.07, 6.45) is 5.28. The Balaban J connectivity index is 1.36. The van der Waals surface area contributed by atoms with Crippen molar-refractivity contribution in [2.45, 2.75) is 26.3 Å². The maximum absolute atomic E-state index is 13.1. The highest BCUT2D eigenvalue weighted by molar-refractivity contribution is 5.79. The number of rotatable bonds is 5. The van der Waals surface area contributed by atoms with E-state index in [9.17, 15) is 9.18 Å². The van der Waals surface area contributed by atoms with Crippen molar-refractivity contribution in [1.82, 2.24) is 15.3 Å². The van der Waals surface area contributed by atoms with Gasteiger partial charge in [-0.2, -0.15) is 0 Å². The second-order valence-corrected chi connectivity index (χ2v) is 7.77. The van der Waals surface area contributed by atoms with E-state index in [0.717, 1.165) is 36.1 Å². The lowest BCUT2D eigenvalue weighted by Crippen LogP contribution is -2.43. The van der Waals surface area contributed by atoms with Crippen molar-refractivity contribution in [3.63, 3.8) is 0 Å². The van der Waals surface area contributed by atoms with Gasteiger partial charge in [-0.05, 0) is 43.0 Å². The fraction of sp³-hybridized carbons (Fsp3) is 0.292. The number of hydrogen-bond donors (Lipinski definition) is 1. The minimum Gasteiger partial charge on any atom is -0.352 e. The predicted octanol–water partition coefficient (Wildman–Crippen LogP) is 4.12. The Morgan fingerprint density at radius 2 is 1.77 bits per heavy atom. The van der Waals surface area contributed by atoms with Gasteiger partial charge in [0.1, 0.15) is 5.82 Å². The molecule has 2 heterocycles. The largest absolute Gasteiger partial charge is 0.352 e. The number of aryl methyl sites for hydroxylation is 1. The molecule has 3 aromatic rings. The van der Waals surface area contributed by atoms with E-state index in [1.54, 1.807) is 24.5 Å². The zero-order chi connectivity index (χ0) is 20.9. The van der Waals surface area contributed by atoms with E-state index in [2.05, 4.69) is 32.3 Å². The summed E-state index contributed by atoms with van der Waals surface area (Å²) >= 11 is 0. The molecule has 0 spiro atoms. The Kier molecular flexibility index (Phi) is 6.02. The molecule has 1 saturated heterocycles. The summed E-state index contributed by atoms with van der Waals surface area (Å²) in [4.78, 5) is 23.7. The van der Waals surface area contributed by atoms with Crippen molar-refractivity contribution in [2.75, 3.05) is 18.0 Å². The van der Waals surface area contributed by atoms with E-state index >= 15 is 0 Å². The average molecular weight is 404 g/mol. The summed E-state index contributed by atoms with van der Waals surface area (Å²) in [6.45, 7) is 4.03. The van der Waals surface area contributed by atoms with Crippen LogP contribution in [0.1, 0.15) is 24.0 Å². The molecule has 5 nitrogen and oxygen atoms in total. The van der Waals surface area contributed by atoms with Crippen LogP contribution in [0.2, 0.25) is 0 Å². The molecule has 0 saturated carbocycles. The van der Waals surface area contributed by atoms with Crippen LogP contribution in [0.5, 0.6) is 0 Å². The molecule has 1 N–H and O–H groups in total. The lowest BCUT2D eigenvalue weighted by molar-refractivity contribution is -0.125. The topological polar surface area (TPSA) is 58.1 Å². The molecule has 2 aromatic carbocycles. The second kappa shape index (κ2) is 9.03. The van der Waals surface area contributed by atoms with Gasteiger partial charge < -0.3 is 10.2 Å². The molecule has 1 atom stereocenters. The van der Waals surface area contributed by atoms with Crippen molar-refractivity contribution in [2.24, 2.45) is 5.92 Å². The maximum atomic E-state index is 13.1. The molecule has 0 radical (unpaired) electrons. The maximum Gasteiger partial charge on any atom is 0.225 e. The highest BCUT2D eigenvalue weighted by Crippen LogP contribution is 2.23. The molecule has 1 aliphatic heterocycles. The molecule has 4 rings (SSSR count). The smallest absolute Gasteiger partial charge is 0.225 e. The Bertz CT molecular complexity index is 987. The molecule has 0 unspecified atom stereocenters. The van der Waals surface area contributed by atoms with Crippen LogP contribution in [0.3, 0.4) is 0 Å². The molecule has 154 valence electrons. The number of amides is 1. The standard InChI is InChI=1S/C24H25FN4O/c1-17-4-6-18(7-5-17)13-26-23(30)20-3-2-12-29(16-20)24-27-14-21(15-28-24)19-8-10-22(25)11-9-19/h4-11,14-15,20H,2-3,12-13,16H2,1H3,(H,26,30)/t20-/m0/s1. The number of piperidine rings is 1. The van der Waals surface area contributed by atoms with Crippen LogP contribution in [0.15, 0.2) is 60.9 Å². The number of nitrogens with one attached hydrogen (secondary N) is 1. The molecule has 1 aliphatic rings. The zero-order valence-corrected chi connectivity index (χ0v) is 17.0. The van der Waals surface area contributed by atoms with Crippen molar-refractivity contribution >= 4 is 11.9 Å². The third-order valence-corrected chi connectivity index (χ3v) is 5.48. The van der Waals surface area contributed by atoms with Gasteiger partial charge in [0, 0.05) is 37.6 Å². The van der Waals surface area contributed by atoms with Gasteiger partial charge in [-0.15, -0.1) is 0 Å². The number of halogens is 1. The van der Waals surface area contributed by atoms with Crippen molar-refractivity contribution < 1.29 is 9.18 Å². The minimum atomic E-state index is -0.267. The molecule has 6 heteroatoms. The van der Waals surface area contributed by atoms with Crippen LogP contribution in [0.25, 0.3) is 11.1 Å². The monoisotopic (exact) mass is 404 g/mol. The molecule has 0 bridgehead atoms. The first-order valence-electron chi connectivity index (χ1n) is 10.2. The third-order valence-electron chi connectivity index (χ3n) is 5.48. The van der Waals surface area contributed by atoms with Crippen molar-refractivity contribution in [3.05, 3.63) is 77.9 Å².